The average Bonchev–Trinajstić information content (AvgIpc) is 2.59. The van der Waals surface area contributed by atoms with Gasteiger partial charge in [0.2, 0.25) is 0 Å². The summed E-state index contributed by atoms with van der Waals surface area (Å²) in [5.41, 5.74) is 0. The highest BCUT2D eigenvalue weighted by Gasteiger charge is 2.16. The summed E-state index contributed by atoms with van der Waals surface area (Å²) in [6.07, 6.45) is 10.8. The molecule has 0 aliphatic heterocycles. The minimum atomic E-state index is -3.95. The summed E-state index contributed by atoms with van der Waals surface area (Å²) in [6.45, 7) is 1.77. The molecule has 0 aliphatic rings. The Morgan fingerprint density at radius 3 is 2.00 bits per heavy atom. The lowest BCUT2D eigenvalue weighted by Crippen LogP contribution is -2.14. The van der Waals surface area contributed by atoms with E-state index in [9.17, 15) is 13.2 Å². The zero-order valence-corrected chi connectivity index (χ0v) is 15.9. The van der Waals surface area contributed by atoms with Crippen LogP contribution in [0.15, 0.2) is 29.2 Å². The lowest BCUT2D eigenvalue weighted by atomic mass is 10.1. The van der Waals surface area contributed by atoms with Crippen LogP contribution in [0.2, 0.25) is 0 Å². The minimum Gasteiger partial charge on any atom is -0.508 e. The fraction of sp³-hybridized carbons (Fsp3) is 0.632. The lowest BCUT2D eigenvalue weighted by molar-refractivity contribution is -0.121. The summed E-state index contributed by atoms with van der Waals surface area (Å²) >= 11 is 0. The first-order valence-corrected chi connectivity index (χ1v) is 10.6. The van der Waals surface area contributed by atoms with E-state index in [-0.39, 0.29) is 16.4 Å². The van der Waals surface area contributed by atoms with E-state index in [1.165, 1.54) is 62.8 Å². The van der Waals surface area contributed by atoms with Gasteiger partial charge in [-0.1, -0.05) is 58.3 Å². The maximum atomic E-state index is 11.9. The summed E-state index contributed by atoms with van der Waals surface area (Å²) in [7, 11) is -3.95. The maximum absolute atomic E-state index is 11.9. The van der Waals surface area contributed by atoms with E-state index in [4.69, 9.17) is 9.29 Å². The first-order chi connectivity index (χ1) is 12.0. The number of phenols is 1. The third kappa shape index (κ3) is 9.60. The topological polar surface area (TPSA) is 80.7 Å². The lowest BCUT2D eigenvalue weighted by Gasteiger charge is -2.05. The van der Waals surface area contributed by atoms with E-state index in [0.717, 1.165) is 19.3 Å². The van der Waals surface area contributed by atoms with Crippen molar-refractivity contribution in [3.63, 3.8) is 0 Å². The second kappa shape index (κ2) is 12.0. The molecular weight excluding hydrogens is 340 g/mol. The zero-order chi connectivity index (χ0) is 18.5. The van der Waals surface area contributed by atoms with Crippen molar-refractivity contribution in [3.05, 3.63) is 24.3 Å². The second-order valence-electron chi connectivity index (χ2n) is 6.33. The Labute approximate surface area is 151 Å². The highest BCUT2D eigenvalue weighted by Crippen LogP contribution is 2.17. The molecule has 0 amide bonds. The van der Waals surface area contributed by atoms with Crippen LogP contribution in [0.1, 0.15) is 71.1 Å². The van der Waals surface area contributed by atoms with Gasteiger partial charge in [0.1, 0.15) is 12.4 Å². The third-order valence-corrected chi connectivity index (χ3v) is 5.34. The predicted octanol–water partition coefficient (Wildman–Crippen LogP) is 4.59. The van der Waals surface area contributed by atoms with Crippen LogP contribution in [0.25, 0.3) is 0 Å². The SMILES string of the molecule is CCCCCCCCCCCC(=O)COS(=O)(=O)c1ccc(O)cc1. The summed E-state index contributed by atoms with van der Waals surface area (Å²) in [6, 6.07) is 5.02. The molecule has 1 aromatic rings. The van der Waals surface area contributed by atoms with Gasteiger partial charge < -0.3 is 5.11 Å². The van der Waals surface area contributed by atoms with Crippen LogP contribution >= 0.6 is 0 Å². The monoisotopic (exact) mass is 370 g/mol. The van der Waals surface area contributed by atoms with Gasteiger partial charge in [-0.05, 0) is 30.7 Å². The molecule has 0 aliphatic carbocycles. The molecule has 0 bridgehead atoms. The van der Waals surface area contributed by atoms with Crippen LogP contribution in [0.5, 0.6) is 5.75 Å². The number of carbonyl (C=O) groups is 1. The predicted molar refractivity (Wildman–Crippen MR) is 98.1 cm³/mol. The van der Waals surface area contributed by atoms with Gasteiger partial charge in [0.15, 0.2) is 5.78 Å². The van der Waals surface area contributed by atoms with E-state index < -0.39 is 16.7 Å². The Kier molecular flexibility index (Phi) is 10.4. The van der Waals surface area contributed by atoms with Crippen molar-refractivity contribution in [2.24, 2.45) is 0 Å². The number of carbonyl (C=O) groups excluding carboxylic acids is 1. The quantitative estimate of drug-likeness (QED) is 0.383. The molecular formula is C19H30O5S. The largest absolute Gasteiger partial charge is 0.508 e. The number of hydrogen-bond acceptors (Lipinski definition) is 5. The number of rotatable bonds is 14. The number of ketones is 1. The first-order valence-electron chi connectivity index (χ1n) is 9.16. The molecule has 0 radical (unpaired) electrons. The van der Waals surface area contributed by atoms with E-state index in [2.05, 4.69) is 6.92 Å². The van der Waals surface area contributed by atoms with Gasteiger partial charge in [0.05, 0.1) is 4.90 Å². The Hall–Kier alpha value is -1.40. The molecule has 1 rings (SSSR count). The summed E-state index contributed by atoms with van der Waals surface area (Å²) in [5, 5.41) is 9.16. The van der Waals surface area contributed by atoms with Crippen molar-refractivity contribution in [3.8, 4) is 5.75 Å². The molecule has 0 spiro atoms. The number of hydrogen-bond donors (Lipinski definition) is 1. The van der Waals surface area contributed by atoms with Crippen LogP contribution in [0.4, 0.5) is 0 Å². The van der Waals surface area contributed by atoms with Gasteiger partial charge in [-0.3, -0.25) is 8.98 Å². The standard InChI is InChI=1S/C19H30O5S/c1-2-3-4-5-6-7-8-9-10-11-18(21)16-24-25(22,23)19-14-12-17(20)13-15-19/h12-15,20H,2-11,16H2,1H3. The maximum Gasteiger partial charge on any atom is 0.297 e. The molecule has 25 heavy (non-hydrogen) atoms. The molecule has 0 aromatic heterocycles. The average molecular weight is 371 g/mol. The normalized spacial score (nSPS) is 11.6. The number of unbranched alkanes of at least 4 members (excludes halogenated alkanes) is 8. The molecule has 0 heterocycles. The Morgan fingerprint density at radius 2 is 1.44 bits per heavy atom. The van der Waals surface area contributed by atoms with Crippen molar-refractivity contribution in [1.29, 1.82) is 0 Å². The Balaban J connectivity index is 2.13. The Bertz CT molecular complexity index is 593. The summed E-state index contributed by atoms with van der Waals surface area (Å²) < 4.78 is 28.6. The molecule has 0 unspecified atom stereocenters. The fourth-order valence-electron chi connectivity index (χ4n) is 2.53. The van der Waals surface area contributed by atoms with Gasteiger partial charge >= 0.3 is 0 Å². The molecule has 0 saturated heterocycles. The van der Waals surface area contributed by atoms with Crippen molar-refractivity contribution in [2.45, 2.75) is 76.0 Å². The summed E-state index contributed by atoms with van der Waals surface area (Å²) in [5.74, 6) is -0.231. The van der Waals surface area contributed by atoms with Gasteiger partial charge in [-0.15, -0.1) is 0 Å². The van der Waals surface area contributed by atoms with Crippen molar-refractivity contribution < 1.29 is 22.5 Å². The van der Waals surface area contributed by atoms with Crippen LogP contribution < -0.4 is 0 Å². The van der Waals surface area contributed by atoms with Crippen LogP contribution in [-0.4, -0.2) is 25.9 Å². The van der Waals surface area contributed by atoms with E-state index in [1.54, 1.807) is 0 Å². The fourth-order valence-corrected chi connectivity index (χ4v) is 3.42. The molecule has 1 N–H and O–H groups in total. The molecule has 5 nitrogen and oxygen atoms in total. The van der Waals surface area contributed by atoms with Gasteiger partial charge in [-0.25, -0.2) is 0 Å². The number of Topliss-reactive ketones (excluding diaryl/α,β-unsaturated/α-hetero) is 1. The molecule has 6 heteroatoms. The van der Waals surface area contributed by atoms with E-state index in [1.807, 2.05) is 0 Å². The summed E-state index contributed by atoms with van der Waals surface area (Å²) in [4.78, 5) is 11.7. The highest BCUT2D eigenvalue weighted by atomic mass is 32.2. The van der Waals surface area contributed by atoms with Crippen molar-refractivity contribution >= 4 is 15.9 Å². The van der Waals surface area contributed by atoms with Crippen molar-refractivity contribution in [2.75, 3.05) is 6.61 Å². The van der Waals surface area contributed by atoms with E-state index in [0.29, 0.717) is 6.42 Å². The molecule has 0 saturated carbocycles. The van der Waals surface area contributed by atoms with Crippen molar-refractivity contribution in [1.82, 2.24) is 0 Å². The molecule has 0 atom stereocenters. The molecule has 1 aromatic carbocycles. The smallest absolute Gasteiger partial charge is 0.297 e. The van der Waals surface area contributed by atoms with Crippen LogP contribution in [-0.2, 0) is 19.1 Å². The Morgan fingerprint density at radius 1 is 0.920 bits per heavy atom. The second-order valence-corrected chi connectivity index (χ2v) is 7.94. The van der Waals surface area contributed by atoms with E-state index >= 15 is 0 Å². The highest BCUT2D eigenvalue weighted by molar-refractivity contribution is 7.86. The number of aromatic hydroxyl groups is 1. The van der Waals surface area contributed by atoms with Gasteiger partial charge in [-0.2, -0.15) is 8.42 Å². The van der Waals surface area contributed by atoms with Crippen LogP contribution in [0, 0.1) is 0 Å². The van der Waals surface area contributed by atoms with Gasteiger partial charge in [0, 0.05) is 6.42 Å². The van der Waals surface area contributed by atoms with Crippen LogP contribution in [0.3, 0.4) is 0 Å². The van der Waals surface area contributed by atoms with Gasteiger partial charge in [0.25, 0.3) is 10.1 Å². The minimum absolute atomic E-state index is 0.0274. The zero-order valence-electron chi connectivity index (χ0n) is 15.1. The first kappa shape index (κ1) is 21.6. The third-order valence-electron chi connectivity index (χ3n) is 4.06. The number of phenolic OH excluding ortho intramolecular Hbond substituents is 1. The molecule has 0 fully saturated rings. The number of benzene rings is 1. The molecule has 142 valence electrons.